The average molecular weight is 521 g/mol. The van der Waals surface area contributed by atoms with Gasteiger partial charge >= 0.3 is 0 Å². The van der Waals surface area contributed by atoms with E-state index < -0.39 is 53.5 Å². The second kappa shape index (κ2) is 8.50. The highest BCUT2D eigenvalue weighted by Crippen LogP contribution is 2.52. The molecule has 0 saturated heterocycles. The number of amides is 2. The van der Waals surface area contributed by atoms with Crippen LogP contribution in [0.25, 0.3) is 0 Å². The van der Waals surface area contributed by atoms with Crippen LogP contribution in [0.4, 0.5) is 23.2 Å². The first-order valence-corrected chi connectivity index (χ1v) is 11.9. The molecule has 2 aliphatic rings. The summed E-state index contributed by atoms with van der Waals surface area (Å²) in [5.41, 5.74) is 0.761. The summed E-state index contributed by atoms with van der Waals surface area (Å²) in [4.78, 5) is 39.3. The van der Waals surface area contributed by atoms with Crippen molar-refractivity contribution in [1.29, 1.82) is 0 Å². The van der Waals surface area contributed by atoms with Crippen molar-refractivity contribution in [1.82, 2.24) is 20.1 Å². The van der Waals surface area contributed by atoms with Gasteiger partial charge in [0, 0.05) is 36.8 Å². The number of Topliss-reactive ketones (excluding diaryl/α,β-unsaturated/α-hetero) is 1. The molecule has 3 aromatic rings. The Labute approximate surface area is 205 Å². The lowest BCUT2D eigenvalue weighted by Crippen LogP contribution is -2.61. The number of nitrogens with zero attached hydrogens (tertiary/aromatic N) is 3. The van der Waals surface area contributed by atoms with Crippen LogP contribution in [0.15, 0.2) is 23.7 Å². The summed E-state index contributed by atoms with van der Waals surface area (Å²) < 4.78 is 56.0. The number of alkyl halides is 2. The van der Waals surface area contributed by atoms with Crippen LogP contribution in [0.3, 0.4) is 0 Å². The van der Waals surface area contributed by atoms with E-state index in [1.54, 1.807) is 4.57 Å². The van der Waals surface area contributed by atoms with Gasteiger partial charge in [-0.1, -0.05) is 0 Å². The van der Waals surface area contributed by atoms with Crippen molar-refractivity contribution in [2.45, 2.75) is 50.6 Å². The predicted molar refractivity (Wildman–Crippen MR) is 120 cm³/mol. The molecule has 1 aromatic carbocycles. The van der Waals surface area contributed by atoms with Crippen molar-refractivity contribution < 1.29 is 31.9 Å². The van der Waals surface area contributed by atoms with Crippen molar-refractivity contribution in [3.63, 3.8) is 0 Å². The average Bonchev–Trinajstić information content (AvgIpc) is 3.52. The standard InChI is InChI=1S/C23H19F4N5O3S/c1-11-16(19(34)29-12-4-5-13(24)14(25)7-12)15-3-2-6-32(15)17(11)18(33)20(35)30-22(8-23(26,27)9-22)21-31-28-10-36-21/h4-5,7,10H,2-3,6,8-9H2,1H3,(H,29,34)(H,30,35). The number of carbonyl (C=O) groups excluding carboxylic acids is 3. The minimum absolute atomic E-state index is 0.0195. The Kier molecular flexibility index (Phi) is 5.69. The molecule has 2 amide bonds. The summed E-state index contributed by atoms with van der Waals surface area (Å²) in [6, 6.07) is 2.90. The monoisotopic (exact) mass is 521 g/mol. The van der Waals surface area contributed by atoms with E-state index in [4.69, 9.17) is 0 Å². The van der Waals surface area contributed by atoms with E-state index in [1.165, 1.54) is 18.5 Å². The summed E-state index contributed by atoms with van der Waals surface area (Å²) in [6.45, 7) is 1.88. The van der Waals surface area contributed by atoms with Gasteiger partial charge in [-0.05, 0) is 37.5 Å². The lowest BCUT2D eigenvalue weighted by molar-refractivity contribution is -0.147. The lowest BCUT2D eigenvalue weighted by Gasteiger charge is -2.45. The molecule has 3 heterocycles. The van der Waals surface area contributed by atoms with E-state index in [9.17, 15) is 31.9 Å². The fraction of sp³-hybridized carbons (Fsp3) is 0.348. The van der Waals surface area contributed by atoms with Crippen LogP contribution in [0.2, 0.25) is 0 Å². The molecule has 0 atom stereocenters. The number of fused-ring (bicyclic) bond motifs is 1. The van der Waals surface area contributed by atoms with Crippen LogP contribution in [-0.4, -0.2) is 38.3 Å². The first kappa shape index (κ1) is 24.1. The first-order valence-electron chi connectivity index (χ1n) is 11.0. The molecule has 2 aromatic heterocycles. The van der Waals surface area contributed by atoms with Gasteiger partial charge in [0.1, 0.15) is 16.1 Å². The molecule has 2 N–H and O–H groups in total. The summed E-state index contributed by atoms with van der Waals surface area (Å²) in [5, 5.41) is 12.6. The SMILES string of the molecule is Cc1c(C(=O)Nc2ccc(F)c(F)c2)c2n(c1C(=O)C(=O)NC1(c3nncs3)CC(F)(F)C1)CCC2. The van der Waals surface area contributed by atoms with Crippen LogP contribution >= 0.6 is 11.3 Å². The maximum absolute atomic E-state index is 13.8. The van der Waals surface area contributed by atoms with Crippen molar-refractivity contribution in [2.75, 3.05) is 5.32 Å². The highest BCUT2D eigenvalue weighted by atomic mass is 32.1. The van der Waals surface area contributed by atoms with E-state index >= 15 is 0 Å². The normalized spacial score (nSPS) is 17.2. The van der Waals surface area contributed by atoms with Crippen molar-refractivity contribution in [3.8, 4) is 0 Å². The maximum atomic E-state index is 13.8. The van der Waals surface area contributed by atoms with Gasteiger partial charge in [0.25, 0.3) is 23.5 Å². The summed E-state index contributed by atoms with van der Waals surface area (Å²) in [6.07, 6.45) is -0.343. The van der Waals surface area contributed by atoms with Crippen LogP contribution in [-0.2, 0) is 23.3 Å². The minimum Gasteiger partial charge on any atom is -0.341 e. The molecule has 1 saturated carbocycles. The van der Waals surface area contributed by atoms with E-state index in [2.05, 4.69) is 20.8 Å². The zero-order chi connectivity index (χ0) is 25.8. The van der Waals surface area contributed by atoms with E-state index in [0.29, 0.717) is 25.1 Å². The van der Waals surface area contributed by atoms with Gasteiger partial charge in [-0.15, -0.1) is 21.5 Å². The Balaban J connectivity index is 1.43. The molecular weight excluding hydrogens is 502 g/mol. The molecule has 8 nitrogen and oxygen atoms in total. The predicted octanol–water partition coefficient (Wildman–Crippen LogP) is 3.75. The van der Waals surface area contributed by atoms with Gasteiger partial charge < -0.3 is 15.2 Å². The minimum atomic E-state index is -3.01. The number of carbonyl (C=O) groups is 3. The number of hydrogen-bond donors (Lipinski definition) is 2. The van der Waals surface area contributed by atoms with E-state index in [-0.39, 0.29) is 27.5 Å². The number of ketones is 1. The molecule has 36 heavy (non-hydrogen) atoms. The van der Waals surface area contributed by atoms with Crippen LogP contribution in [0.1, 0.15) is 56.4 Å². The largest absolute Gasteiger partial charge is 0.341 e. The topological polar surface area (TPSA) is 106 Å². The number of halogens is 4. The lowest BCUT2D eigenvalue weighted by atomic mass is 9.73. The fourth-order valence-electron chi connectivity index (χ4n) is 4.97. The van der Waals surface area contributed by atoms with Gasteiger partial charge in [0.2, 0.25) is 0 Å². The van der Waals surface area contributed by atoms with Gasteiger partial charge in [-0.3, -0.25) is 14.4 Å². The number of nitrogens with one attached hydrogen (secondary N) is 2. The number of anilines is 1. The second-order valence-electron chi connectivity index (χ2n) is 8.95. The van der Waals surface area contributed by atoms with E-state index in [0.717, 1.165) is 23.5 Å². The molecule has 1 fully saturated rings. The zero-order valence-corrected chi connectivity index (χ0v) is 19.6. The fourth-order valence-corrected chi connectivity index (χ4v) is 5.68. The highest BCUT2D eigenvalue weighted by Gasteiger charge is 2.60. The van der Waals surface area contributed by atoms with Crippen molar-refractivity contribution >= 4 is 34.6 Å². The van der Waals surface area contributed by atoms with Gasteiger partial charge in [-0.2, -0.15) is 0 Å². The van der Waals surface area contributed by atoms with Gasteiger partial charge in [0.15, 0.2) is 11.6 Å². The summed E-state index contributed by atoms with van der Waals surface area (Å²) in [7, 11) is 0. The molecule has 188 valence electrons. The Hall–Kier alpha value is -3.61. The molecule has 1 aliphatic heterocycles. The first-order chi connectivity index (χ1) is 17.0. The maximum Gasteiger partial charge on any atom is 0.294 e. The molecule has 0 bridgehead atoms. The Morgan fingerprint density at radius 2 is 1.89 bits per heavy atom. The quantitative estimate of drug-likeness (QED) is 0.292. The smallest absolute Gasteiger partial charge is 0.294 e. The van der Waals surface area contributed by atoms with Crippen molar-refractivity contribution in [3.05, 3.63) is 62.9 Å². The molecule has 0 radical (unpaired) electrons. The van der Waals surface area contributed by atoms with Crippen molar-refractivity contribution in [2.24, 2.45) is 0 Å². The molecule has 0 unspecified atom stereocenters. The number of aromatic nitrogens is 3. The molecular formula is C23H19F4N5O3S. The third-order valence-corrected chi connectivity index (χ3v) is 7.37. The van der Waals surface area contributed by atoms with Gasteiger partial charge in [-0.25, -0.2) is 17.6 Å². The third kappa shape index (κ3) is 3.96. The molecule has 0 spiro atoms. The summed E-state index contributed by atoms with van der Waals surface area (Å²) >= 11 is 1.00. The van der Waals surface area contributed by atoms with Crippen LogP contribution < -0.4 is 10.6 Å². The van der Waals surface area contributed by atoms with Gasteiger partial charge in [0.05, 0.1) is 11.3 Å². The molecule has 5 rings (SSSR count). The molecule has 13 heteroatoms. The number of benzene rings is 1. The highest BCUT2D eigenvalue weighted by molar-refractivity contribution is 7.09. The van der Waals surface area contributed by atoms with Crippen LogP contribution in [0, 0.1) is 18.6 Å². The summed E-state index contributed by atoms with van der Waals surface area (Å²) in [5.74, 6) is -7.93. The Morgan fingerprint density at radius 3 is 2.53 bits per heavy atom. The van der Waals surface area contributed by atoms with E-state index in [1.807, 2.05) is 0 Å². The Bertz CT molecular complexity index is 1400. The number of hydrogen-bond acceptors (Lipinski definition) is 6. The third-order valence-electron chi connectivity index (χ3n) is 6.48. The molecule has 1 aliphatic carbocycles. The van der Waals surface area contributed by atoms with Crippen LogP contribution in [0.5, 0.6) is 0 Å². The zero-order valence-electron chi connectivity index (χ0n) is 18.8. The Morgan fingerprint density at radius 1 is 1.14 bits per heavy atom. The second-order valence-corrected chi connectivity index (χ2v) is 9.79. The number of rotatable bonds is 6.